The molecule has 0 spiro atoms. The van der Waals surface area contributed by atoms with Crippen LogP contribution in [0.3, 0.4) is 0 Å². The molecule has 0 amide bonds. The molecule has 25 heavy (non-hydrogen) atoms. The van der Waals surface area contributed by atoms with E-state index in [2.05, 4.69) is 0 Å². The quantitative estimate of drug-likeness (QED) is 0.517. The fraction of sp³-hybridized carbons (Fsp3) is 0.111. The predicted octanol–water partition coefficient (Wildman–Crippen LogP) is 3.57. The van der Waals surface area contributed by atoms with Gasteiger partial charge < -0.3 is 0 Å². The highest BCUT2D eigenvalue weighted by atomic mass is 32.2. The molecule has 6 nitrogen and oxygen atoms in total. The van der Waals surface area contributed by atoms with Crippen LogP contribution >= 0.6 is 0 Å². The summed E-state index contributed by atoms with van der Waals surface area (Å²) in [4.78, 5) is 10.2. The van der Waals surface area contributed by atoms with Crippen LogP contribution in [0.25, 0.3) is 10.8 Å². The van der Waals surface area contributed by atoms with Gasteiger partial charge in [0.05, 0.1) is 9.82 Å². The normalized spacial score (nSPS) is 11.8. The van der Waals surface area contributed by atoms with E-state index in [0.29, 0.717) is 0 Å². The lowest BCUT2D eigenvalue weighted by Crippen LogP contribution is -2.26. The van der Waals surface area contributed by atoms with Crippen LogP contribution in [0.1, 0.15) is 5.56 Å². The molecule has 0 saturated carbocycles. The first-order valence-corrected chi connectivity index (χ1v) is 9.01. The highest BCUT2D eigenvalue weighted by Crippen LogP contribution is 2.24. The van der Waals surface area contributed by atoms with Crippen molar-refractivity contribution >= 4 is 26.5 Å². The van der Waals surface area contributed by atoms with Gasteiger partial charge >= 0.3 is 0 Å². The smallest absolute Gasteiger partial charge is 0.258 e. The van der Waals surface area contributed by atoms with Crippen molar-refractivity contribution < 1.29 is 13.3 Å². The van der Waals surface area contributed by atoms with E-state index in [1.165, 1.54) is 29.6 Å². The van der Waals surface area contributed by atoms with Crippen molar-refractivity contribution in [2.45, 2.75) is 11.4 Å². The van der Waals surface area contributed by atoms with E-state index in [0.717, 1.165) is 22.4 Å². The highest BCUT2D eigenvalue weighted by Gasteiger charge is 2.23. The number of nitrogens with zero attached hydrogens (tertiary/aromatic N) is 2. The van der Waals surface area contributed by atoms with Gasteiger partial charge in [0.25, 0.3) is 5.69 Å². The van der Waals surface area contributed by atoms with Gasteiger partial charge in [-0.1, -0.05) is 48.5 Å². The lowest BCUT2D eigenvalue weighted by atomic mass is 10.0. The van der Waals surface area contributed by atoms with Gasteiger partial charge in [-0.15, -0.1) is 0 Å². The van der Waals surface area contributed by atoms with Crippen molar-refractivity contribution in [3.05, 3.63) is 82.4 Å². The maximum atomic E-state index is 12.8. The topological polar surface area (TPSA) is 80.5 Å². The average Bonchev–Trinajstić information content (AvgIpc) is 2.62. The van der Waals surface area contributed by atoms with Crippen LogP contribution in [0.15, 0.2) is 71.6 Å². The molecule has 3 aromatic rings. The maximum absolute atomic E-state index is 12.8. The monoisotopic (exact) mass is 356 g/mol. The number of nitro benzene ring substituents is 1. The summed E-state index contributed by atoms with van der Waals surface area (Å²) in [5.41, 5.74) is 0.620. The van der Waals surface area contributed by atoms with Gasteiger partial charge in [0.2, 0.25) is 10.0 Å². The van der Waals surface area contributed by atoms with E-state index in [4.69, 9.17) is 0 Å². The maximum Gasteiger partial charge on any atom is 0.270 e. The number of non-ortho nitro benzene ring substituents is 1. The Balaban J connectivity index is 1.95. The van der Waals surface area contributed by atoms with Gasteiger partial charge in [-0.25, -0.2) is 8.42 Å². The molecule has 0 bridgehead atoms. The van der Waals surface area contributed by atoms with Gasteiger partial charge in [-0.2, -0.15) is 4.31 Å². The fourth-order valence-corrected chi connectivity index (χ4v) is 3.88. The first-order chi connectivity index (χ1) is 11.9. The Morgan fingerprint density at radius 1 is 1.00 bits per heavy atom. The van der Waals surface area contributed by atoms with Crippen LogP contribution in [0.5, 0.6) is 0 Å². The average molecular weight is 356 g/mol. The van der Waals surface area contributed by atoms with E-state index in [1.807, 2.05) is 42.5 Å². The molecule has 0 aliphatic rings. The Labute approximate surface area is 145 Å². The number of hydrogen-bond acceptors (Lipinski definition) is 4. The van der Waals surface area contributed by atoms with Crippen LogP contribution < -0.4 is 0 Å². The molecule has 7 heteroatoms. The molecule has 0 saturated heterocycles. The molecule has 0 radical (unpaired) electrons. The summed E-state index contributed by atoms with van der Waals surface area (Å²) in [6.07, 6.45) is 0. The van der Waals surface area contributed by atoms with Gasteiger partial charge in [-0.05, 0) is 22.4 Å². The molecule has 0 aliphatic carbocycles. The Bertz CT molecular complexity index is 1040. The molecular formula is C18H16N2O4S. The van der Waals surface area contributed by atoms with Gasteiger partial charge in [0, 0.05) is 25.7 Å². The first kappa shape index (κ1) is 17.1. The van der Waals surface area contributed by atoms with Crippen LogP contribution in [0.2, 0.25) is 0 Å². The summed E-state index contributed by atoms with van der Waals surface area (Å²) in [6, 6.07) is 18.5. The molecular weight excluding hydrogens is 340 g/mol. The van der Waals surface area contributed by atoms with Crippen LogP contribution in [-0.2, 0) is 16.6 Å². The highest BCUT2D eigenvalue weighted by molar-refractivity contribution is 7.89. The molecule has 0 unspecified atom stereocenters. The zero-order valence-electron chi connectivity index (χ0n) is 13.5. The van der Waals surface area contributed by atoms with Gasteiger partial charge in [0.1, 0.15) is 0 Å². The number of fused-ring (bicyclic) bond motifs is 1. The first-order valence-electron chi connectivity index (χ1n) is 7.57. The molecule has 0 aromatic heterocycles. The van der Waals surface area contributed by atoms with Crippen molar-refractivity contribution in [1.29, 1.82) is 0 Å². The van der Waals surface area contributed by atoms with Crippen molar-refractivity contribution in [2.75, 3.05) is 7.05 Å². The summed E-state index contributed by atoms with van der Waals surface area (Å²) in [7, 11) is -2.36. The molecule has 0 fully saturated rings. The molecule has 128 valence electrons. The number of hydrogen-bond donors (Lipinski definition) is 0. The zero-order chi connectivity index (χ0) is 18.0. The molecule has 0 atom stereocenters. The lowest BCUT2D eigenvalue weighted by Gasteiger charge is -2.18. The molecule has 0 aliphatic heterocycles. The summed E-state index contributed by atoms with van der Waals surface area (Å²) in [6.45, 7) is 0.173. The summed E-state index contributed by atoms with van der Waals surface area (Å²) < 4.78 is 26.7. The SMILES string of the molecule is CN(Cc1cccc2ccccc12)S(=O)(=O)c1cccc([N+](=O)[O-])c1. The van der Waals surface area contributed by atoms with E-state index < -0.39 is 14.9 Å². The number of nitro groups is 1. The van der Waals surface area contributed by atoms with Gasteiger partial charge in [0.15, 0.2) is 0 Å². The van der Waals surface area contributed by atoms with Crippen LogP contribution in [0, 0.1) is 10.1 Å². The lowest BCUT2D eigenvalue weighted by molar-refractivity contribution is -0.385. The summed E-state index contributed by atoms with van der Waals surface area (Å²) in [5.74, 6) is 0. The van der Waals surface area contributed by atoms with Crippen LogP contribution in [0.4, 0.5) is 5.69 Å². The summed E-state index contributed by atoms with van der Waals surface area (Å²) in [5, 5.41) is 12.9. The Hall–Kier alpha value is -2.77. The van der Waals surface area contributed by atoms with E-state index in [1.54, 1.807) is 0 Å². The molecule has 3 aromatic carbocycles. The second kappa shape index (κ2) is 6.62. The minimum absolute atomic E-state index is 0.0931. The van der Waals surface area contributed by atoms with Crippen molar-refractivity contribution in [3.8, 4) is 0 Å². The molecule has 0 N–H and O–H groups in total. The number of sulfonamides is 1. The Kier molecular flexibility index (Phi) is 4.52. The fourth-order valence-electron chi connectivity index (χ4n) is 2.69. The minimum atomic E-state index is -3.83. The van der Waals surface area contributed by atoms with E-state index in [-0.39, 0.29) is 17.1 Å². The van der Waals surface area contributed by atoms with Crippen molar-refractivity contribution in [3.63, 3.8) is 0 Å². The Morgan fingerprint density at radius 2 is 1.68 bits per heavy atom. The summed E-state index contributed by atoms with van der Waals surface area (Å²) >= 11 is 0. The van der Waals surface area contributed by atoms with Crippen molar-refractivity contribution in [2.24, 2.45) is 0 Å². The third kappa shape index (κ3) is 3.38. The number of benzene rings is 3. The van der Waals surface area contributed by atoms with Crippen molar-refractivity contribution in [1.82, 2.24) is 4.31 Å². The van der Waals surface area contributed by atoms with Gasteiger partial charge in [-0.3, -0.25) is 10.1 Å². The third-order valence-electron chi connectivity index (χ3n) is 4.01. The number of rotatable bonds is 5. The standard InChI is InChI=1S/C18H16N2O4S/c1-19(13-15-8-4-7-14-6-2-3-11-18(14)15)25(23,24)17-10-5-9-16(12-17)20(21)22/h2-12H,13H2,1H3. The minimum Gasteiger partial charge on any atom is -0.258 e. The second-order valence-corrected chi connectivity index (χ2v) is 7.70. The second-order valence-electron chi connectivity index (χ2n) is 5.65. The molecule has 3 rings (SSSR count). The predicted molar refractivity (Wildman–Crippen MR) is 95.7 cm³/mol. The van der Waals surface area contributed by atoms with Crippen LogP contribution in [-0.4, -0.2) is 24.7 Å². The van der Waals surface area contributed by atoms with E-state index >= 15 is 0 Å². The van der Waals surface area contributed by atoms with E-state index in [9.17, 15) is 18.5 Å². The third-order valence-corrected chi connectivity index (χ3v) is 5.81. The largest absolute Gasteiger partial charge is 0.270 e. The Morgan fingerprint density at radius 3 is 2.44 bits per heavy atom. The molecule has 0 heterocycles. The zero-order valence-corrected chi connectivity index (χ0v) is 14.3.